The summed E-state index contributed by atoms with van der Waals surface area (Å²) in [6.45, 7) is 1.92. The summed E-state index contributed by atoms with van der Waals surface area (Å²) in [4.78, 5) is 31.7. The zero-order chi connectivity index (χ0) is 20.0. The molecule has 0 spiro atoms. The largest absolute Gasteiger partial charge is 0.325 e. The molecule has 0 bridgehead atoms. The quantitative estimate of drug-likeness (QED) is 0.474. The third-order valence-electron chi connectivity index (χ3n) is 5.24. The minimum absolute atomic E-state index is 0.161. The van der Waals surface area contributed by atoms with Crippen molar-refractivity contribution in [1.29, 1.82) is 0 Å². The van der Waals surface area contributed by atoms with Crippen LogP contribution in [0.5, 0.6) is 0 Å². The molecule has 1 fully saturated rings. The Morgan fingerprint density at radius 3 is 2.69 bits per heavy atom. The van der Waals surface area contributed by atoms with E-state index in [1.54, 1.807) is 18.3 Å². The number of nitrogens with one attached hydrogen (secondary N) is 1. The maximum Gasteiger partial charge on any atom is 0.325 e. The fraction of sp³-hybridized carbons (Fsp3) is 0.136. The second kappa shape index (κ2) is 6.79. The third-order valence-corrected chi connectivity index (χ3v) is 6.87. The van der Waals surface area contributed by atoms with E-state index in [4.69, 9.17) is 0 Å². The standard InChI is InChI=1S/C22H17N3O2S2/c1-22(17-7-6-14-4-2-3-5-15(14)10-17)20(26)25(21(27)24-22)11-18-13-29-19(23-18)16-8-9-28-12-16/h2-10,12-13H,11H2,1H3,(H,24,27)/t22-/m0/s1. The molecule has 7 heteroatoms. The summed E-state index contributed by atoms with van der Waals surface area (Å²) in [6, 6.07) is 15.4. The van der Waals surface area contributed by atoms with Gasteiger partial charge in [0, 0.05) is 16.3 Å². The van der Waals surface area contributed by atoms with Crippen LogP contribution >= 0.6 is 22.7 Å². The van der Waals surface area contributed by atoms with Crippen molar-refractivity contribution in [3.63, 3.8) is 0 Å². The number of rotatable bonds is 4. The van der Waals surface area contributed by atoms with E-state index < -0.39 is 11.6 Å². The molecule has 4 aromatic rings. The van der Waals surface area contributed by atoms with Crippen LogP contribution in [0, 0.1) is 0 Å². The van der Waals surface area contributed by atoms with Gasteiger partial charge in [-0.15, -0.1) is 11.3 Å². The Morgan fingerprint density at radius 1 is 1.07 bits per heavy atom. The summed E-state index contributed by atoms with van der Waals surface area (Å²) in [5, 5.41) is 11.8. The van der Waals surface area contributed by atoms with Gasteiger partial charge < -0.3 is 5.32 Å². The van der Waals surface area contributed by atoms with Gasteiger partial charge in [-0.3, -0.25) is 9.69 Å². The van der Waals surface area contributed by atoms with Crippen molar-refractivity contribution in [2.24, 2.45) is 0 Å². The molecule has 1 atom stereocenters. The van der Waals surface area contributed by atoms with Gasteiger partial charge in [-0.05, 0) is 40.8 Å². The molecule has 5 rings (SSSR count). The van der Waals surface area contributed by atoms with Gasteiger partial charge in [0.2, 0.25) is 0 Å². The smallest absolute Gasteiger partial charge is 0.319 e. The van der Waals surface area contributed by atoms with E-state index in [-0.39, 0.29) is 12.5 Å². The normalized spacial score (nSPS) is 19.1. The highest BCUT2D eigenvalue weighted by Gasteiger charge is 2.49. The highest BCUT2D eigenvalue weighted by molar-refractivity contribution is 7.14. The second-order valence-electron chi connectivity index (χ2n) is 7.16. The number of nitrogens with zero attached hydrogens (tertiary/aromatic N) is 2. The van der Waals surface area contributed by atoms with Crippen molar-refractivity contribution in [1.82, 2.24) is 15.2 Å². The molecule has 0 unspecified atom stereocenters. The highest BCUT2D eigenvalue weighted by Crippen LogP contribution is 2.32. The number of hydrogen-bond acceptors (Lipinski definition) is 5. The maximum atomic E-state index is 13.2. The monoisotopic (exact) mass is 419 g/mol. The molecular formula is C22H17N3O2S2. The van der Waals surface area contributed by atoms with E-state index >= 15 is 0 Å². The van der Waals surface area contributed by atoms with E-state index in [1.165, 1.54) is 16.2 Å². The lowest BCUT2D eigenvalue weighted by Gasteiger charge is -2.22. The third kappa shape index (κ3) is 3.03. The number of imide groups is 1. The van der Waals surface area contributed by atoms with Crippen LogP contribution in [0.4, 0.5) is 4.79 Å². The van der Waals surface area contributed by atoms with Crippen LogP contribution in [0.25, 0.3) is 21.3 Å². The summed E-state index contributed by atoms with van der Waals surface area (Å²) in [7, 11) is 0. The molecule has 29 heavy (non-hydrogen) atoms. The fourth-order valence-corrected chi connectivity index (χ4v) is 5.12. The molecule has 0 radical (unpaired) electrons. The number of aromatic nitrogens is 1. The first-order valence-corrected chi connectivity index (χ1v) is 11.0. The Kier molecular flexibility index (Phi) is 4.22. The number of carbonyl (C=O) groups is 2. The van der Waals surface area contributed by atoms with Gasteiger partial charge in [0.25, 0.3) is 5.91 Å². The van der Waals surface area contributed by atoms with E-state index in [0.717, 1.165) is 26.9 Å². The van der Waals surface area contributed by atoms with Gasteiger partial charge in [-0.2, -0.15) is 11.3 Å². The molecule has 1 aliphatic rings. The molecule has 2 aromatic heterocycles. The van der Waals surface area contributed by atoms with Crippen LogP contribution in [0.3, 0.4) is 0 Å². The Balaban J connectivity index is 1.43. The lowest BCUT2D eigenvalue weighted by atomic mass is 9.90. The van der Waals surface area contributed by atoms with E-state index in [1.807, 2.05) is 64.7 Å². The molecule has 1 saturated heterocycles. The maximum absolute atomic E-state index is 13.2. The first-order chi connectivity index (χ1) is 14.0. The number of thiophene rings is 1. The van der Waals surface area contributed by atoms with Crippen LogP contribution in [0.1, 0.15) is 18.2 Å². The van der Waals surface area contributed by atoms with Gasteiger partial charge in [-0.1, -0.05) is 36.4 Å². The van der Waals surface area contributed by atoms with Crippen LogP contribution in [-0.2, 0) is 16.9 Å². The predicted octanol–water partition coefficient (Wildman–Crippen LogP) is 4.99. The number of benzene rings is 2. The molecule has 0 saturated carbocycles. The van der Waals surface area contributed by atoms with E-state index in [0.29, 0.717) is 5.69 Å². The lowest BCUT2D eigenvalue weighted by molar-refractivity contribution is -0.131. The summed E-state index contributed by atoms with van der Waals surface area (Å²) >= 11 is 3.13. The lowest BCUT2D eigenvalue weighted by Crippen LogP contribution is -2.40. The predicted molar refractivity (Wildman–Crippen MR) is 116 cm³/mol. The number of carbonyl (C=O) groups excluding carboxylic acids is 2. The minimum Gasteiger partial charge on any atom is -0.319 e. The summed E-state index contributed by atoms with van der Waals surface area (Å²) in [6.07, 6.45) is 0. The fourth-order valence-electron chi connectivity index (χ4n) is 3.60. The summed E-state index contributed by atoms with van der Waals surface area (Å²) in [5.41, 5.74) is 1.45. The first-order valence-electron chi connectivity index (χ1n) is 9.15. The van der Waals surface area contributed by atoms with Crippen molar-refractivity contribution in [2.45, 2.75) is 19.0 Å². The first kappa shape index (κ1) is 18.0. The zero-order valence-electron chi connectivity index (χ0n) is 15.6. The SMILES string of the molecule is C[C@@]1(c2ccc3ccccc3c2)NC(=O)N(Cc2csc(-c3ccsc3)n2)C1=O. The molecule has 1 N–H and O–H groups in total. The van der Waals surface area contributed by atoms with Crippen LogP contribution < -0.4 is 5.32 Å². The number of hydrogen-bond donors (Lipinski definition) is 1. The summed E-state index contributed by atoms with van der Waals surface area (Å²) in [5.74, 6) is -0.261. The topological polar surface area (TPSA) is 62.3 Å². The highest BCUT2D eigenvalue weighted by atomic mass is 32.1. The van der Waals surface area contributed by atoms with Crippen LogP contribution in [0.15, 0.2) is 64.7 Å². The molecule has 5 nitrogen and oxygen atoms in total. The van der Waals surface area contributed by atoms with Crippen molar-refractivity contribution in [2.75, 3.05) is 0 Å². The van der Waals surface area contributed by atoms with E-state index in [2.05, 4.69) is 10.3 Å². The Labute approximate surface area is 175 Å². The number of fused-ring (bicyclic) bond motifs is 1. The zero-order valence-corrected chi connectivity index (χ0v) is 17.2. The van der Waals surface area contributed by atoms with Gasteiger partial charge in [0.05, 0.1) is 12.2 Å². The van der Waals surface area contributed by atoms with Crippen LogP contribution in [-0.4, -0.2) is 21.8 Å². The Hall–Kier alpha value is -3.03. The van der Waals surface area contributed by atoms with Crippen molar-refractivity contribution >= 4 is 45.4 Å². The Bertz CT molecular complexity index is 1230. The van der Waals surface area contributed by atoms with Gasteiger partial charge in [-0.25, -0.2) is 9.78 Å². The second-order valence-corrected chi connectivity index (χ2v) is 8.80. The Morgan fingerprint density at radius 2 is 1.90 bits per heavy atom. The molecule has 3 amide bonds. The van der Waals surface area contributed by atoms with Crippen molar-refractivity contribution in [3.8, 4) is 10.6 Å². The molecular weight excluding hydrogens is 402 g/mol. The average molecular weight is 420 g/mol. The molecule has 2 aromatic carbocycles. The molecule has 1 aliphatic heterocycles. The minimum atomic E-state index is -1.09. The molecule has 144 valence electrons. The number of urea groups is 1. The van der Waals surface area contributed by atoms with Gasteiger partial charge >= 0.3 is 6.03 Å². The van der Waals surface area contributed by atoms with E-state index in [9.17, 15) is 9.59 Å². The molecule has 3 heterocycles. The van der Waals surface area contributed by atoms with Crippen molar-refractivity contribution < 1.29 is 9.59 Å². The van der Waals surface area contributed by atoms with Crippen LogP contribution in [0.2, 0.25) is 0 Å². The van der Waals surface area contributed by atoms with Gasteiger partial charge in [0.15, 0.2) is 0 Å². The van der Waals surface area contributed by atoms with Crippen molar-refractivity contribution in [3.05, 3.63) is 75.9 Å². The number of amides is 3. The number of thiazole rings is 1. The van der Waals surface area contributed by atoms with Gasteiger partial charge in [0.1, 0.15) is 10.5 Å². The average Bonchev–Trinajstić information content (AvgIpc) is 3.46. The molecule has 0 aliphatic carbocycles. The summed E-state index contributed by atoms with van der Waals surface area (Å²) < 4.78 is 0.